The van der Waals surface area contributed by atoms with E-state index in [0.717, 1.165) is 20.0 Å². The molecule has 4 heteroatoms. The standard InChI is InChI=1S/C16H10Br2N2/c17-9-1-3-15-11(5-9)13(7-19-15)14-8-20-16-4-2-10(18)6-12(14)16/h1-8,19-20H. The third-order valence-electron chi connectivity index (χ3n) is 3.58. The van der Waals surface area contributed by atoms with E-state index in [9.17, 15) is 0 Å². The number of H-pyrrole nitrogens is 2. The van der Waals surface area contributed by atoms with Crippen LogP contribution >= 0.6 is 31.9 Å². The van der Waals surface area contributed by atoms with Crippen LogP contribution in [-0.4, -0.2) is 9.97 Å². The number of nitrogens with one attached hydrogen (secondary N) is 2. The second-order valence-corrected chi connectivity index (χ2v) is 6.62. The molecule has 0 radical (unpaired) electrons. The van der Waals surface area contributed by atoms with Crippen molar-refractivity contribution >= 4 is 53.7 Å². The molecule has 0 aliphatic heterocycles. The third-order valence-corrected chi connectivity index (χ3v) is 4.56. The second kappa shape index (κ2) is 4.50. The quantitative estimate of drug-likeness (QED) is 0.409. The van der Waals surface area contributed by atoms with Gasteiger partial charge in [0.15, 0.2) is 0 Å². The Kier molecular flexibility index (Phi) is 2.75. The molecule has 2 heterocycles. The van der Waals surface area contributed by atoms with E-state index in [4.69, 9.17) is 0 Å². The zero-order valence-electron chi connectivity index (χ0n) is 10.4. The van der Waals surface area contributed by atoms with E-state index < -0.39 is 0 Å². The van der Waals surface area contributed by atoms with Gasteiger partial charge in [0.25, 0.3) is 0 Å². The van der Waals surface area contributed by atoms with Crippen molar-refractivity contribution < 1.29 is 0 Å². The Morgan fingerprint density at radius 1 is 0.650 bits per heavy atom. The predicted octanol–water partition coefficient (Wildman–Crippen LogP) is 5.84. The molecule has 4 rings (SSSR count). The normalized spacial score (nSPS) is 11.5. The Morgan fingerprint density at radius 3 is 1.55 bits per heavy atom. The lowest BCUT2D eigenvalue weighted by Gasteiger charge is -1.99. The van der Waals surface area contributed by atoms with Gasteiger partial charge in [-0.2, -0.15) is 0 Å². The predicted molar refractivity (Wildman–Crippen MR) is 91.0 cm³/mol. The van der Waals surface area contributed by atoms with Gasteiger partial charge in [0.1, 0.15) is 0 Å². The highest BCUT2D eigenvalue weighted by Gasteiger charge is 2.11. The molecule has 0 aliphatic carbocycles. The van der Waals surface area contributed by atoms with Crippen LogP contribution in [0.3, 0.4) is 0 Å². The molecule has 2 aromatic heterocycles. The molecule has 0 atom stereocenters. The minimum absolute atomic E-state index is 1.09. The van der Waals surface area contributed by atoms with Crippen molar-refractivity contribution in [2.45, 2.75) is 0 Å². The summed E-state index contributed by atoms with van der Waals surface area (Å²) in [4.78, 5) is 6.67. The van der Waals surface area contributed by atoms with E-state index in [2.05, 4.69) is 90.6 Å². The summed E-state index contributed by atoms with van der Waals surface area (Å²) in [6, 6.07) is 12.6. The van der Waals surface area contributed by atoms with Gasteiger partial charge in [0.05, 0.1) is 0 Å². The van der Waals surface area contributed by atoms with E-state index >= 15 is 0 Å². The highest BCUT2D eigenvalue weighted by molar-refractivity contribution is 9.10. The van der Waals surface area contributed by atoms with E-state index in [1.165, 1.54) is 21.9 Å². The molecule has 0 fully saturated rings. The van der Waals surface area contributed by atoms with Crippen molar-refractivity contribution in [3.63, 3.8) is 0 Å². The fourth-order valence-electron chi connectivity index (χ4n) is 2.63. The number of rotatable bonds is 1. The molecular formula is C16H10Br2N2. The second-order valence-electron chi connectivity index (χ2n) is 4.78. The van der Waals surface area contributed by atoms with Crippen molar-refractivity contribution in [3.05, 3.63) is 57.7 Å². The van der Waals surface area contributed by atoms with Gasteiger partial charge >= 0.3 is 0 Å². The largest absolute Gasteiger partial charge is 0.361 e. The lowest BCUT2D eigenvalue weighted by atomic mass is 10.0. The number of fused-ring (bicyclic) bond motifs is 2. The van der Waals surface area contributed by atoms with Crippen molar-refractivity contribution in [3.8, 4) is 11.1 Å². The van der Waals surface area contributed by atoms with Crippen LogP contribution in [0, 0.1) is 0 Å². The van der Waals surface area contributed by atoms with Gasteiger partial charge < -0.3 is 9.97 Å². The maximum Gasteiger partial charge on any atom is 0.0461 e. The van der Waals surface area contributed by atoms with Crippen LogP contribution in [-0.2, 0) is 0 Å². The van der Waals surface area contributed by atoms with Crippen molar-refractivity contribution in [1.29, 1.82) is 0 Å². The summed E-state index contributed by atoms with van der Waals surface area (Å²) >= 11 is 7.09. The average Bonchev–Trinajstić information content (AvgIpc) is 3.01. The van der Waals surface area contributed by atoms with Crippen LogP contribution in [0.1, 0.15) is 0 Å². The summed E-state index contributed by atoms with van der Waals surface area (Å²) in [7, 11) is 0. The summed E-state index contributed by atoms with van der Waals surface area (Å²) in [5, 5.41) is 2.44. The molecule has 0 bridgehead atoms. The van der Waals surface area contributed by atoms with Gasteiger partial charge in [-0.15, -0.1) is 0 Å². The zero-order valence-corrected chi connectivity index (χ0v) is 13.5. The molecule has 4 aromatic rings. The molecule has 2 N–H and O–H groups in total. The first-order valence-corrected chi connectivity index (χ1v) is 7.84. The number of hydrogen-bond acceptors (Lipinski definition) is 0. The van der Waals surface area contributed by atoms with Gasteiger partial charge in [-0.25, -0.2) is 0 Å². The molecule has 2 aromatic carbocycles. The van der Waals surface area contributed by atoms with E-state index in [-0.39, 0.29) is 0 Å². The Bertz CT molecular complexity index is 856. The Labute approximate surface area is 132 Å². The van der Waals surface area contributed by atoms with Crippen LogP contribution in [0.2, 0.25) is 0 Å². The summed E-state index contributed by atoms with van der Waals surface area (Å²) < 4.78 is 2.18. The van der Waals surface area contributed by atoms with Crippen LogP contribution in [0.5, 0.6) is 0 Å². The fourth-order valence-corrected chi connectivity index (χ4v) is 3.35. The van der Waals surface area contributed by atoms with Gasteiger partial charge in [-0.1, -0.05) is 31.9 Å². The molecule has 0 aliphatic rings. The van der Waals surface area contributed by atoms with Crippen LogP contribution in [0.25, 0.3) is 32.9 Å². The third kappa shape index (κ3) is 1.83. The molecular weight excluding hydrogens is 380 g/mol. The van der Waals surface area contributed by atoms with Crippen molar-refractivity contribution in [2.24, 2.45) is 0 Å². The zero-order chi connectivity index (χ0) is 13.7. The number of benzene rings is 2. The summed E-state index contributed by atoms with van der Waals surface area (Å²) in [6.45, 7) is 0. The maximum absolute atomic E-state index is 3.55. The number of hydrogen-bond donors (Lipinski definition) is 2. The summed E-state index contributed by atoms with van der Waals surface area (Å²) in [6.07, 6.45) is 4.14. The first-order chi connectivity index (χ1) is 9.72. The maximum atomic E-state index is 3.55. The molecule has 2 nitrogen and oxygen atoms in total. The minimum atomic E-state index is 1.09. The number of aromatic nitrogens is 2. The van der Waals surface area contributed by atoms with E-state index in [1.54, 1.807) is 0 Å². The molecule has 98 valence electrons. The minimum Gasteiger partial charge on any atom is -0.361 e. The number of aromatic amines is 2. The Morgan fingerprint density at radius 2 is 1.10 bits per heavy atom. The molecule has 20 heavy (non-hydrogen) atoms. The monoisotopic (exact) mass is 388 g/mol. The summed E-state index contributed by atoms with van der Waals surface area (Å²) in [5.74, 6) is 0. The SMILES string of the molecule is Brc1ccc2[nH]cc(-c3c[nH]c4ccc(Br)cc34)c2c1. The van der Waals surface area contributed by atoms with Gasteiger partial charge in [-0.3, -0.25) is 0 Å². The highest BCUT2D eigenvalue weighted by Crippen LogP contribution is 2.35. The van der Waals surface area contributed by atoms with Crippen LogP contribution in [0.4, 0.5) is 0 Å². The van der Waals surface area contributed by atoms with Gasteiger partial charge in [0.2, 0.25) is 0 Å². The topological polar surface area (TPSA) is 31.6 Å². The van der Waals surface area contributed by atoms with Gasteiger partial charge in [0, 0.05) is 54.3 Å². The highest BCUT2D eigenvalue weighted by atomic mass is 79.9. The molecule has 0 spiro atoms. The first-order valence-electron chi connectivity index (χ1n) is 6.26. The van der Waals surface area contributed by atoms with E-state index in [1.807, 2.05) is 0 Å². The molecule has 0 saturated heterocycles. The smallest absolute Gasteiger partial charge is 0.0461 e. The van der Waals surface area contributed by atoms with Crippen molar-refractivity contribution in [2.75, 3.05) is 0 Å². The molecule has 0 unspecified atom stereocenters. The lowest BCUT2D eigenvalue weighted by Crippen LogP contribution is -1.74. The van der Waals surface area contributed by atoms with E-state index in [0.29, 0.717) is 0 Å². The number of halogens is 2. The average molecular weight is 390 g/mol. The van der Waals surface area contributed by atoms with Crippen molar-refractivity contribution in [1.82, 2.24) is 9.97 Å². The summed E-state index contributed by atoms with van der Waals surface area (Å²) in [5.41, 5.74) is 4.72. The first kappa shape index (κ1) is 12.2. The lowest BCUT2D eigenvalue weighted by molar-refractivity contribution is 1.46. The van der Waals surface area contributed by atoms with Crippen LogP contribution < -0.4 is 0 Å². The molecule has 0 amide bonds. The van der Waals surface area contributed by atoms with Gasteiger partial charge in [-0.05, 0) is 36.4 Å². The Hall–Kier alpha value is -1.52. The fraction of sp³-hybridized carbons (Fsp3) is 0. The molecule has 0 saturated carbocycles. The van der Waals surface area contributed by atoms with Crippen LogP contribution in [0.15, 0.2) is 57.7 Å². The Balaban J connectivity index is 2.06.